The molecule has 116 valence electrons. The van der Waals surface area contributed by atoms with Crippen molar-refractivity contribution >= 4 is 5.78 Å². The Balaban J connectivity index is 1.65. The summed E-state index contributed by atoms with van der Waals surface area (Å²) in [7, 11) is 0. The van der Waals surface area contributed by atoms with E-state index in [9.17, 15) is 4.79 Å². The molecule has 0 unspecified atom stereocenters. The molecule has 0 bridgehead atoms. The van der Waals surface area contributed by atoms with Gasteiger partial charge in [0.15, 0.2) is 12.4 Å². The van der Waals surface area contributed by atoms with Crippen molar-refractivity contribution in [2.24, 2.45) is 0 Å². The lowest BCUT2D eigenvalue weighted by molar-refractivity contribution is 0.101. The van der Waals surface area contributed by atoms with Gasteiger partial charge in [-0.3, -0.25) is 4.79 Å². The number of ether oxygens (including phenoxy) is 1. The molecule has 2 aromatic carbocycles. The Morgan fingerprint density at radius 2 is 1.74 bits per heavy atom. The molecular formula is C18H16N2O3. The lowest BCUT2D eigenvalue weighted by Gasteiger charge is -2.03. The van der Waals surface area contributed by atoms with E-state index in [4.69, 9.17) is 9.15 Å². The third-order valence-electron chi connectivity index (χ3n) is 3.39. The van der Waals surface area contributed by atoms with Gasteiger partial charge in [0.1, 0.15) is 5.75 Å². The fourth-order valence-corrected chi connectivity index (χ4v) is 2.06. The van der Waals surface area contributed by atoms with Crippen molar-refractivity contribution in [1.29, 1.82) is 0 Å². The summed E-state index contributed by atoms with van der Waals surface area (Å²) in [5, 5.41) is 8.00. The van der Waals surface area contributed by atoms with E-state index in [-0.39, 0.29) is 12.4 Å². The summed E-state index contributed by atoms with van der Waals surface area (Å²) in [4.78, 5) is 11.2. The molecule has 5 nitrogen and oxygen atoms in total. The van der Waals surface area contributed by atoms with Crippen LogP contribution in [0.3, 0.4) is 0 Å². The molecule has 1 heterocycles. The molecule has 0 saturated heterocycles. The average Bonchev–Trinajstić information content (AvgIpc) is 3.03. The number of rotatable bonds is 5. The minimum Gasteiger partial charge on any atom is -0.484 e. The molecule has 0 saturated carbocycles. The third-order valence-corrected chi connectivity index (χ3v) is 3.39. The maximum Gasteiger partial charge on any atom is 0.254 e. The molecule has 5 heteroatoms. The lowest BCUT2D eigenvalue weighted by atomic mass is 10.1. The summed E-state index contributed by atoms with van der Waals surface area (Å²) in [6, 6.07) is 14.8. The van der Waals surface area contributed by atoms with Crippen molar-refractivity contribution in [2.75, 3.05) is 0 Å². The van der Waals surface area contributed by atoms with Gasteiger partial charge in [0.2, 0.25) is 5.89 Å². The van der Waals surface area contributed by atoms with Gasteiger partial charge >= 0.3 is 0 Å². The Morgan fingerprint density at radius 1 is 1.04 bits per heavy atom. The van der Waals surface area contributed by atoms with Crippen LogP contribution in [0.15, 0.2) is 52.9 Å². The highest BCUT2D eigenvalue weighted by atomic mass is 16.5. The summed E-state index contributed by atoms with van der Waals surface area (Å²) in [5.41, 5.74) is 2.70. The number of aromatic nitrogens is 2. The highest BCUT2D eigenvalue weighted by molar-refractivity contribution is 5.94. The summed E-state index contributed by atoms with van der Waals surface area (Å²) in [6.07, 6.45) is 0. The van der Waals surface area contributed by atoms with Crippen LogP contribution in [0.1, 0.15) is 28.7 Å². The van der Waals surface area contributed by atoms with Crippen molar-refractivity contribution < 1.29 is 13.9 Å². The molecule has 0 N–H and O–H groups in total. The first-order chi connectivity index (χ1) is 11.1. The van der Waals surface area contributed by atoms with Crippen molar-refractivity contribution in [3.63, 3.8) is 0 Å². The zero-order valence-electron chi connectivity index (χ0n) is 12.9. The Bertz CT molecular complexity index is 805. The second-order valence-electron chi connectivity index (χ2n) is 5.24. The van der Waals surface area contributed by atoms with Crippen molar-refractivity contribution in [1.82, 2.24) is 10.2 Å². The zero-order chi connectivity index (χ0) is 16.2. The Labute approximate surface area is 133 Å². The van der Waals surface area contributed by atoms with Gasteiger partial charge in [0, 0.05) is 11.1 Å². The van der Waals surface area contributed by atoms with Gasteiger partial charge in [0.25, 0.3) is 5.89 Å². The number of Topliss-reactive ketones (excluding diaryl/α,β-unsaturated/α-hetero) is 1. The van der Waals surface area contributed by atoms with Crippen LogP contribution in [0.5, 0.6) is 5.75 Å². The van der Waals surface area contributed by atoms with Gasteiger partial charge in [-0.15, -0.1) is 10.2 Å². The van der Waals surface area contributed by atoms with Gasteiger partial charge in [-0.25, -0.2) is 0 Å². The van der Waals surface area contributed by atoms with Crippen LogP contribution in [-0.2, 0) is 6.61 Å². The maximum atomic E-state index is 11.2. The number of carbonyl (C=O) groups excluding carboxylic acids is 1. The molecule has 0 aliphatic heterocycles. The van der Waals surface area contributed by atoms with E-state index < -0.39 is 0 Å². The number of hydrogen-bond acceptors (Lipinski definition) is 5. The van der Waals surface area contributed by atoms with Gasteiger partial charge < -0.3 is 9.15 Å². The van der Waals surface area contributed by atoms with E-state index in [1.54, 1.807) is 24.3 Å². The Kier molecular flexibility index (Phi) is 4.19. The molecule has 0 spiro atoms. The Hall–Kier alpha value is -2.95. The van der Waals surface area contributed by atoms with Crippen LogP contribution in [0.4, 0.5) is 0 Å². The normalized spacial score (nSPS) is 10.5. The lowest BCUT2D eigenvalue weighted by Crippen LogP contribution is -1.97. The maximum absolute atomic E-state index is 11.2. The minimum atomic E-state index is 0.0243. The highest BCUT2D eigenvalue weighted by Gasteiger charge is 2.09. The smallest absolute Gasteiger partial charge is 0.254 e. The van der Waals surface area contributed by atoms with Crippen LogP contribution >= 0.6 is 0 Å². The van der Waals surface area contributed by atoms with Gasteiger partial charge in [-0.05, 0) is 50.2 Å². The first kappa shape index (κ1) is 15.0. The molecule has 0 fully saturated rings. The first-order valence-corrected chi connectivity index (χ1v) is 7.25. The standard InChI is InChI=1S/C18H16N2O3/c1-12-3-5-15(6-4-12)18-20-19-17(23-18)11-22-16-9-7-14(8-10-16)13(2)21/h3-10H,11H2,1-2H3. The van der Waals surface area contributed by atoms with Crippen LogP contribution in [0, 0.1) is 6.92 Å². The van der Waals surface area contributed by atoms with Crippen molar-refractivity contribution in [3.8, 4) is 17.2 Å². The van der Waals surface area contributed by atoms with Crippen LogP contribution < -0.4 is 4.74 Å². The predicted octanol–water partition coefficient (Wildman–Crippen LogP) is 3.83. The Morgan fingerprint density at radius 3 is 2.39 bits per heavy atom. The van der Waals surface area contributed by atoms with E-state index >= 15 is 0 Å². The molecule has 0 radical (unpaired) electrons. The fraction of sp³-hybridized carbons (Fsp3) is 0.167. The van der Waals surface area contributed by atoms with Crippen LogP contribution in [-0.4, -0.2) is 16.0 Å². The number of ketones is 1. The van der Waals surface area contributed by atoms with E-state index in [0.717, 1.165) is 5.56 Å². The number of benzene rings is 2. The van der Waals surface area contributed by atoms with E-state index in [2.05, 4.69) is 10.2 Å². The first-order valence-electron chi connectivity index (χ1n) is 7.25. The van der Waals surface area contributed by atoms with Gasteiger partial charge in [0.05, 0.1) is 0 Å². The monoisotopic (exact) mass is 308 g/mol. The largest absolute Gasteiger partial charge is 0.484 e. The SMILES string of the molecule is CC(=O)c1ccc(OCc2nnc(-c3ccc(C)cc3)o2)cc1. The van der Waals surface area contributed by atoms with E-state index in [1.807, 2.05) is 31.2 Å². The van der Waals surface area contributed by atoms with Crippen LogP contribution in [0.25, 0.3) is 11.5 Å². The minimum absolute atomic E-state index is 0.0243. The molecule has 3 aromatic rings. The number of aryl methyl sites for hydroxylation is 1. The zero-order valence-corrected chi connectivity index (χ0v) is 12.9. The molecule has 0 aliphatic carbocycles. The molecule has 0 aliphatic rings. The van der Waals surface area contributed by atoms with Gasteiger partial charge in [-0.1, -0.05) is 17.7 Å². The number of carbonyl (C=O) groups is 1. The fourth-order valence-electron chi connectivity index (χ4n) is 2.06. The molecule has 0 atom stereocenters. The molecule has 23 heavy (non-hydrogen) atoms. The molecule has 0 amide bonds. The second-order valence-corrected chi connectivity index (χ2v) is 5.24. The van der Waals surface area contributed by atoms with Crippen molar-refractivity contribution in [3.05, 3.63) is 65.5 Å². The summed E-state index contributed by atoms with van der Waals surface area (Å²) in [6.45, 7) is 3.73. The van der Waals surface area contributed by atoms with Crippen molar-refractivity contribution in [2.45, 2.75) is 20.5 Å². The summed E-state index contributed by atoms with van der Waals surface area (Å²) >= 11 is 0. The average molecular weight is 308 g/mol. The second kappa shape index (κ2) is 6.44. The predicted molar refractivity (Wildman–Crippen MR) is 85.2 cm³/mol. The van der Waals surface area contributed by atoms with Crippen LogP contribution in [0.2, 0.25) is 0 Å². The van der Waals surface area contributed by atoms with Gasteiger partial charge in [-0.2, -0.15) is 0 Å². The third kappa shape index (κ3) is 3.63. The molecule has 1 aromatic heterocycles. The topological polar surface area (TPSA) is 65.2 Å². The highest BCUT2D eigenvalue weighted by Crippen LogP contribution is 2.19. The summed E-state index contributed by atoms with van der Waals surface area (Å²) < 4.78 is 11.2. The molecule has 3 rings (SSSR count). The number of hydrogen-bond donors (Lipinski definition) is 0. The number of nitrogens with zero attached hydrogens (tertiary/aromatic N) is 2. The summed E-state index contributed by atoms with van der Waals surface area (Å²) in [5.74, 6) is 1.54. The molecular weight excluding hydrogens is 292 g/mol. The van der Waals surface area contributed by atoms with E-state index in [0.29, 0.717) is 23.1 Å². The quantitative estimate of drug-likeness (QED) is 0.670. The van der Waals surface area contributed by atoms with E-state index in [1.165, 1.54) is 12.5 Å².